The highest BCUT2D eigenvalue weighted by Gasteiger charge is 2.18. The number of aryl methyl sites for hydroxylation is 2. The molecule has 0 fully saturated rings. The minimum atomic E-state index is -3.25. The number of nitrogens with one attached hydrogen (secondary N) is 1. The fraction of sp³-hybridized carbons (Fsp3) is 0.318. The fourth-order valence-electron chi connectivity index (χ4n) is 3.77. The molecule has 28 heavy (non-hydrogen) atoms. The van der Waals surface area contributed by atoms with Gasteiger partial charge < -0.3 is 5.32 Å². The summed E-state index contributed by atoms with van der Waals surface area (Å²) in [5, 5.41) is 8.31. The smallest absolute Gasteiger partial charge is 0.175 e. The van der Waals surface area contributed by atoms with E-state index in [1.807, 2.05) is 24.3 Å². The fourth-order valence-corrected chi connectivity index (χ4v) is 4.44. The van der Waals surface area contributed by atoms with Gasteiger partial charge in [-0.3, -0.25) is 4.68 Å². The van der Waals surface area contributed by atoms with Crippen molar-refractivity contribution in [3.8, 4) is 0 Å². The topological polar surface area (TPSA) is 64.0 Å². The molecular formula is C22H25N3O2S. The molecule has 0 bridgehead atoms. The number of aromatic nitrogens is 2. The van der Waals surface area contributed by atoms with Crippen molar-refractivity contribution in [1.82, 2.24) is 15.1 Å². The monoisotopic (exact) mass is 395 g/mol. The van der Waals surface area contributed by atoms with Crippen molar-refractivity contribution < 1.29 is 8.42 Å². The van der Waals surface area contributed by atoms with Crippen molar-refractivity contribution in [2.24, 2.45) is 0 Å². The molecule has 2 aromatic carbocycles. The molecule has 5 nitrogen and oxygen atoms in total. The second kappa shape index (κ2) is 7.89. The van der Waals surface area contributed by atoms with E-state index in [1.54, 1.807) is 18.2 Å². The molecular weight excluding hydrogens is 370 g/mol. The van der Waals surface area contributed by atoms with Gasteiger partial charge in [-0.25, -0.2) is 8.42 Å². The van der Waals surface area contributed by atoms with Gasteiger partial charge in [-0.2, -0.15) is 5.10 Å². The summed E-state index contributed by atoms with van der Waals surface area (Å²) in [4.78, 5) is 0.338. The van der Waals surface area contributed by atoms with Crippen LogP contribution in [-0.2, 0) is 29.3 Å². The van der Waals surface area contributed by atoms with Crippen LogP contribution in [0.1, 0.15) is 41.4 Å². The SMILES string of the molecule is CS(=O)(=O)c1cccc(C(NCc2cc3n(n2)CCCC3)c2ccccc2)c1. The Morgan fingerprint density at radius 1 is 1.04 bits per heavy atom. The van der Waals surface area contributed by atoms with E-state index in [9.17, 15) is 8.42 Å². The van der Waals surface area contributed by atoms with E-state index >= 15 is 0 Å². The van der Waals surface area contributed by atoms with E-state index in [0.29, 0.717) is 11.4 Å². The summed E-state index contributed by atoms with van der Waals surface area (Å²) in [6.45, 7) is 1.62. The quantitative estimate of drug-likeness (QED) is 0.694. The molecule has 1 unspecified atom stereocenters. The van der Waals surface area contributed by atoms with Crippen LogP contribution in [0, 0.1) is 0 Å². The maximum Gasteiger partial charge on any atom is 0.175 e. The van der Waals surface area contributed by atoms with E-state index < -0.39 is 9.84 Å². The molecule has 1 N–H and O–H groups in total. The van der Waals surface area contributed by atoms with Crippen LogP contribution < -0.4 is 5.32 Å². The van der Waals surface area contributed by atoms with Crippen molar-refractivity contribution >= 4 is 9.84 Å². The molecule has 0 radical (unpaired) electrons. The average molecular weight is 396 g/mol. The van der Waals surface area contributed by atoms with Crippen LogP contribution in [0.2, 0.25) is 0 Å². The summed E-state index contributed by atoms with van der Waals surface area (Å²) in [5.74, 6) is 0. The van der Waals surface area contributed by atoms with Gasteiger partial charge in [0.1, 0.15) is 0 Å². The molecule has 1 atom stereocenters. The molecule has 6 heteroatoms. The minimum absolute atomic E-state index is 0.110. The first-order chi connectivity index (χ1) is 13.5. The highest BCUT2D eigenvalue weighted by atomic mass is 32.2. The molecule has 3 aromatic rings. The molecule has 0 spiro atoms. The van der Waals surface area contributed by atoms with Gasteiger partial charge in [0.15, 0.2) is 9.84 Å². The Labute approximate surface area is 166 Å². The highest BCUT2D eigenvalue weighted by Crippen LogP contribution is 2.25. The van der Waals surface area contributed by atoms with Gasteiger partial charge in [-0.15, -0.1) is 0 Å². The normalized spacial score (nSPS) is 15.2. The van der Waals surface area contributed by atoms with Gasteiger partial charge in [0.05, 0.1) is 16.6 Å². The van der Waals surface area contributed by atoms with Gasteiger partial charge in [-0.05, 0) is 48.6 Å². The Morgan fingerprint density at radius 3 is 2.57 bits per heavy atom. The average Bonchev–Trinajstić information content (AvgIpc) is 3.11. The Morgan fingerprint density at radius 2 is 1.82 bits per heavy atom. The van der Waals surface area contributed by atoms with E-state index in [1.165, 1.54) is 24.8 Å². The van der Waals surface area contributed by atoms with Crippen LogP contribution in [0.15, 0.2) is 65.6 Å². The van der Waals surface area contributed by atoms with E-state index in [-0.39, 0.29) is 6.04 Å². The number of hydrogen-bond donors (Lipinski definition) is 1. The number of sulfone groups is 1. The van der Waals surface area contributed by atoms with Crippen molar-refractivity contribution in [1.29, 1.82) is 0 Å². The zero-order chi connectivity index (χ0) is 19.6. The van der Waals surface area contributed by atoms with Crippen LogP contribution >= 0.6 is 0 Å². The van der Waals surface area contributed by atoms with Gasteiger partial charge >= 0.3 is 0 Å². The molecule has 1 aliphatic rings. The molecule has 0 saturated carbocycles. The minimum Gasteiger partial charge on any atom is -0.300 e. The van der Waals surface area contributed by atoms with Gasteiger partial charge in [0, 0.05) is 25.0 Å². The number of nitrogens with zero attached hydrogens (tertiary/aromatic N) is 2. The maximum atomic E-state index is 12.0. The van der Waals surface area contributed by atoms with Gasteiger partial charge in [0.2, 0.25) is 0 Å². The lowest BCUT2D eigenvalue weighted by Crippen LogP contribution is -2.22. The van der Waals surface area contributed by atoms with Gasteiger partial charge in [0.25, 0.3) is 0 Å². The lowest BCUT2D eigenvalue weighted by atomic mass is 9.98. The highest BCUT2D eigenvalue weighted by molar-refractivity contribution is 7.90. The number of rotatable bonds is 6. The van der Waals surface area contributed by atoms with E-state index in [2.05, 4.69) is 28.2 Å². The van der Waals surface area contributed by atoms with Crippen LogP contribution in [0.4, 0.5) is 0 Å². The zero-order valence-corrected chi connectivity index (χ0v) is 16.8. The largest absolute Gasteiger partial charge is 0.300 e. The molecule has 0 saturated heterocycles. The van der Waals surface area contributed by atoms with Crippen molar-refractivity contribution in [3.63, 3.8) is 0 Å². The first-order valence-corrected chi connectivity index (χ1v) is 11.5. The zero-order valence-electron chi connectivity index (χ0n) is 16.0. The summed E-state index contributed by atoms with van der Waals surface area (Å²) in [6, 6.07) is 19.4. The van der Waals surface area contributed by atoms with Crippen molar-refractivity contribution in [2.45, 2.75) is 43.3 Å². The van der Waals surface area contributed by atoms with Crippen LogP contribution in [0.5, 0.6) is 0 Å². The van der Waals surface area contributed by atoms with Crippen LogP contribution in [0.3, 0.4) is 0 Å². The molecule has 4 rings (SSSR count). The molecule has 0 amide bonds. The van der Waals surface area contributed by atoms with E-state index in [0.717, 1.165) is 29.8 Å². The lowest BCUT2D eigenvalue weighted by Gasteiger charge is -2.20. The summed E-state index contributed by atoms with van der Waals surface area (Å²) < 4.78 is 26.1. The second-order valence-corrected chi connectivity index (χ2v) is 9.39. The molecule has 2 heterocycles. The predicted octanol–water partition coefficient (Wildman–Crippen LogP) is 3.50. The Bertz CT molecular complexity index is 1030. The summed E-state index contributed by atoms with van der Waals surface area (Å²) in [5.41, 5.74) is 4.35. The lowest BCUT2D eigenvalue weighted by molar-refractivity contribution is 0.480. The maximum absolute atomic E-state index is 12.0. The molecule has 146 valence electrons. The molecule has 1 aliphatic heterocycles. The van der Waals surface area contributed by atoms with Crippen LogP contribution in [-0.4, -0.2) is 24.5 Å². The third-order valence-electron chi connectivity index (χ3n) is 5.21. The second-order valence-electron chi connectivity index (χ2n) is 7.38. The molecule has 0 aliphatic carbocycles. The van der Waals surface area contributed by atoms with E-state index in [4.69, 9.17) is 5.10 Å². The van der Waals surface area contributed by atoms with Gasteiger partial charge in [-0.1, -0.05) is 42.5 Å². The Balaban J connectivity index is 1.62. The summed E-state index contributed by atoms with van der Waals surface area (Å²) >= 11 is 0. The van der Waals surface area contributed by atoms with Crippen molar-refractivity contribution in [3.05, 3.63) is 83.2 Å². The third kappa shape index (κ3) is 4.18. The number of hydrogen-bond acceptors (Lipinski definition) is 4. The summed E-state index contributed by atoms with van der Waals surface area (Å²) in [6.07, 6.45) is 4.74. The third-order valence-corrected chi connectivity index (χ3v) is 6.32. The predicted molar refractivity (Wildman–Crippen MR) is 110 cm³/mol. The summed E-state index contributed by atoms with van der Waals surface area (Å²) in [7, 11) is -3.25. The Kier molecular flexibility index (Phi) is 5.33. The standard InChI is InChI=1S/C22H25N3O2S/c1-28(26,27)21-12-7-10-18(14-21)22(17-8-3-2-4-9-17)23-16-19-15-20-11-5-6-13-25(20)24-19/h2-4,7-10,12,14-15,22-23H,5-6,11,13,16H2,1H3. The number of fused-ring (bicyclic) bond motifs is 1. The first-order valence-electron chi connectivity index (χ1n) is 9.65. The molecule has 1 aromatic heterocycles. The first kappa shape index (κ1) is 18.9. The Hall–Kier alpha value is -2.44. The van der Waals surface area contributed by atoms with Crippen LogP contribution in [0.25, 0.3) is 0 Å². The number of benzene rings is 2. The van der Waals surface area contributed by atoms with Crippen molar-refractivity contribution in [2.75, 3.05) is 6.26 Å².